The van der Waals surface area contributed by atoms with Crippen molar-refractivity contribution in [1.82, 2.24) is 14.3 Å². The second-order valence-electron chi connectivity index (χ2n) is 5.79. The molecule has 11 heteroatoms. The highest BCUT2D eigenvalue weighted by molar-refractivity contribution is 7.89. The summed E-state index contributed by atoms with van der Waals surface area (Å²) in [7, 11) is -2.68. The quantitative estimate of drug-likeness (QED) is 0.762. The Balaban J connectivity index is 1.76. The molecule has 3 rings (SSSR count). The van der Waals surface area contributed by atoms with Gasteiger partial charge in [0.25, 0.3) is 11.8 Å². The molecule has 27 heavy (non-hydrogen) atoms. The molecule has 2 heterocycles. The number of halogens is 3. The van der Waals surface area contributed by atoms with Crippen LogP contribution in [0, 0.1) is 0 Å². The number of nitrogens with zero attached hydrogens (tertiary/aromatic N) is 3. The van der Waals surface area contributed by atoms with E-state index in [0.29, 0.717) is 12.5 Å². The zero-order valence-corrected chi connectivity index (χ0v) is 15.0. The van der Waals surface area contributed by atoms with Gasteiger partial charge in [-0.25, -0.2) is 18.4 Å². The Bertz CT molecular complexity index is 921. The van der Waals surface area contributed by atoms with E-state index in [4.69, 9.17) is 9.47 Å². The van der Waals surface area contributed by atoms with Gasteiger partial charge in [0.05, 0.1) is 24.1 Å². The number of aromatic nitrogens is 2. The Hall–Kier alpha value is -2.40. The highest BCUT2D eigenvalue weighted by Crippen LogP contribution is 2.32. The van der Waals surface area contributed by atoms with Crippen molar-refractivity contribution in [2.24, 2.45) is 0 Å². The number of benzene rings is 1. The highest BCUT2D eigenvalue weighted by Gasteiger charge is 2.36. The second kappa shape index (κ2) is 7.31. The van der Waals surface area contributed by atoms with Gasteiger partial charge < -0.3 is 9.47 Å². The van der Waals surface area contributed by atoms with Crippen LogP contribution in [-0.4, -0.2) is 49.0 Å². The molecule has 1 aliphatic rings. The summed E-state index contributed by atoms with van der Waals surface area (Å²) in [6.45, 7) is 0.101. The standard InChI is InChI=1S/C16H16F3N3O4S/c1-25-14-15(21-7-6-20-14)26-12-5-8-22(10-12)27(23,24)13-4-2-3-11(9-13)16(17,18)19/h2-4,6-7,9,12H,5,8,10H2,1H3. The molecule has 7 nitrogen and oxygen atoms in total. The maximum atomic E-state index is 12.9. The molecule has 1 atom stereocenters. The lowest BCUT2D eigenvalue weighted by molar-refractivity contribution is -0.137. The molecule has 0 radical (unpaired) electrons. The van der Waals surface area contributed by atoms with Crippen LogP contribution in [0.1, 0.15) is 12.0 Å². The zero-order valence-electron chi connectivity index (χ0n) is 14.2. The second-order valence-corrected chi connectivity index (χ2v) is 7.73. The van der Waals surface area contributed by atoms with E-state index >= 15 is 0 Å². The number of sulfonamides is 1. The van der Waals surface area contributed by atoms with Gasteiger partial charge in [-0.2, -0.15) is 17.5 Å². The van der Waals surface area contributed by atoms with Gasteiger partial charge in [-0.15, -0.1) is 0 Å². The average molecular weight is 403 g/mol. The molecule has 1 unspecified atom stereocenters. The van der Waals surface area contributed by atoms with Crippen molar-refractivity contribution in [2.45, 2.75) is 23.6 Å². The van der Waals surface area contributed by atoms with Crippen LogP contribution in [0.25, 0.3) is 0 Å². The summed E-state index contributed by atoms with van der Waals surface area (Å²) in [5.74, 6) is 0.292. The Morgan fingerprint density at radius 2 is 1.89 bits per heavy atom. The van der Waals surface area contributed by atoms with E-state index in [1.54, 1.807) is 0 Å². The summed E-state index contributed by atoms with van der Waals surface area (Å²) in [5.41, 5.74) is -1.01. The number of hydrogen-bond acceptors (Lipinski definition) is 6. The van der Waals surface area contributed by atoms with Crippen LogP contribution in [0.4, 0.5) is 13.2 Å². The lowest BCUT2D eigenvalue weighted by Gasteiger charge is -2.18. The van der Waals surface area contributed by atoms with E-state index in [9.17, 15) is 21.6 Å². The fourth-order valence-corrected chi connectivity index (χ4v) is 4.22. The van der Waals surface area contributed by atoms with E-state index < -0.39 is 32.8 Å². The number of ether oxygens (including phenoxy) is 2. The van der Waals surface area contributed by atoms with Gasteiger partial charge in [-0.1, -0.05) is 6.07 Å². The van der Waals surface area contributed by atoms with Crippen molar-refractivity contribution < 1.29 is 31.1 Å². The Morgan fingerprint density at radius 1 is 1.19 bits per heavy atom. The molecule has 1 fully saturated rings. The molecule has 0 saturated carbocycles. The summed E-state index contributed by atoms with van der Waals surface area (Å²) >= 11 is 0. The van der Waals surface area contributed by atoms with Crippen molar-refractivity contribution in [1.29, 1.82) is 0 Å². The number of hydrogen-bond donors (Lipinski definition) is 0. The fraction of sp³-hybridized carbons (Fsp3) is 0.375. The summed E-state index contributed by atoms with van der Waals surface area (Å²) in [4.78, 5) is 7.53. The van der Waals surface area contributed by atoms with Gasteiger partial charge in [0.1, 0.15) is 6.10 Å². The van der Waals surface area contributed by atoms with Crippen molar-refractivity contribution in [2.75, 3.05) is 20.2 Å². The molecule has 0 bridgehead atoms. The fourth-order valence-electron chi connectivity index (χ4n) is 2.69. The van der Waals surface area contributed by atoms with Gasteiger partial charge in [-0.05, 0) is 24.6 Å². The van der Waals surface area contributed by atoms with Crippen LogP contribution in [0.2, 0.25) is 0 Å². The molecular formula is C16H16F3N3O4S. The van der Waals surface area contributed by atoms with Crippen molar-refractivity contribution in [3.63, 3.8) is 0 Å². The van der Waals surface area contributed by atoms with Gasteiger partial charge in [0, 0.05) is 18.9 Å². The monoisotopic (exact) mass is 403 g/mol. The minimum absolute atomic E-state index is 0.0156. The number of alkyl halides is 3. The summed E-state index contributed by atoms with van der Waals surface area (Å²) in [6, 6.07) is 3.68. The zero-order chi connectivity index (χ0) is 19.7. The van der Waals surface area contributed by atoms with Crippen LogP contribution in [-0.2, 0) is 16.2 Å². The van der Waals surface area contributed by atoms with Crippen LogP contribution in [0.5, 0.6) is 11.8 Å². The number of methoxy groups -OCH3 is 1. The third kappa shape index (κ3) is 4.14. The normalized spacial score (nSPS) is 18.4. The predicted octanol–water partition coefficient (Wildman–Crippen LogP) is 2.35. The average Bonchev–Trinajstić information content (AvgIpc) is 3.11. The first-order valence-electron chi connectivity index (χ1n) is 7.91. The van der Waals surface area contributed by atoms with Crippen molar-refractivity contribution in [3.05, 3.63) is 42.2 Å². The molecule has 1 aliphatic heterocycles. The molecule has 0 N–H and O–H groups in total. The first-order chi connectivity index (χ1) is 12.7. The van der Waals surface area contributed by atoms with Crippen LogP contribution in [0.3, 0.4) is 0 Å². The smallest absolute Gasteiger partial charge is 0.416 e. The molecule has 1 aromatic heterocycles. The third-order valence-corrected chi connectivity index (χ3v) is 5.87. The Morgan fingerprint density at radius 3 is 2.56 bits per heavy atom. The topological polar surface area (TPSA) is 81.6 Å². The molecule has 1 aromatic carbocycles. The summed E-state index contributed by atoms with van der Waals surface area (Å²) < 4.78 is 75.7. The van der Waals surface area contributed by atoms with Gasteiger partial charge in [-0.3, -0.25) is 0 Å². The molecule has 146 valence electrons. The summed E-state index contributed by atoms with van der Waals surface area (Å²) in [5, 5.41) is 0. The largest absolute Gasteiger partial charge is 0.477 e. The lowest BCUT2D eigenvalue weighted by atomic mass is 10.2. The van der Waals surface area contributed by atoms with Crippen molar-refractivity contribution >= 4 is 10.0 Å². The SMILES string of the molecule is COc1nccnc1OC1CCN(S(=O)(=O)c2cccc(C(F)(F)F)c2)C1. The Kier molecular flexibility index (Phi) is 5.24. The minimum atomic E-state index is -4.62. The molecule has 0 aliphatic carbocycles. The van der Waals surface area contributed by atoms with E-state index in [1.165, 1.54) is 19.5 Å². The van der Waals surface area contributed by atoms with Crippen molar-refractivity contribution in [3.8, 4) is 11.8 Å². The van der Waals surface area contributed by atoms with E-state index in [2.05, 4.69) is 9.97 Å². The third-order valence-electron chi connectivity index (χ3n) is 4.01. The van der Waals surface area contributed by atoms with Gasteiger partial charge in [0.2, 0.25) is 10.0 Å². The Labute approximate surface area is 153 Å². The van der Waals surface area contributed by atoms with Crippen LogP contribution < -0.4 is 9.47 Å². The molecule has 0 spiro atoms. The maximum absolute atomic E-state index is 12.9. The first kappa shape index (κ1) is 19.4. The lowest BCUT2D eigenvalue weighted by Crippen LogP contribution is -2.31. The van der Waals surface area contributed by atoms with Gasteiger partial charge >= 0.3 is 6.18 Å². The summed E-state index contributed by atoms with van der Waals surface area (Å²) in [6.07, 6.45) is -1.95. The molecular weight excluding hydrogens is 387 g/mol. The number of rotatable bonds is 5. The van der Waals surface area contributed by atoms with Gasteiger partial charge in [0.15, 0.2) is 0 Å². The molecule has 2 aromatic rings. The molecule has 1 saturated heterocycles. The highest BCUT2D eigenvalue weighted by atomic mass is 32.2. The van der Waals surface area contributed by atoms with E-state index in [1.807, 2.05) is 0 Å². The molecule has 0 amide bonds. The van der Waals surface area contributed by atoms with Crippen LogP contribution >= 0.6 is 0 Å². The van der Waals surface area contributed by atoms with E-state index in [0.717, 1.165) is 22.5 Å². The van der Waals surface area contributed by atoms with E-state index in [-0.39, 0.29) is 24.8 Å². The first-order valence-corrected chi connectivity index (χ1v) is 9.35. The maximum Gasteiger partial charge on any atom is 0.416 e. The van der Waals surface area contributed by atoms with Crippen LogP contribution in [0.15, 0.2) is 41.6 Å². The minimum Gasteiger partial charge on any atom is -0.477 e. The predicted molar refractivity (Wildman–Crippen MR) is 87.8 cm³/mol.